The SMILES string of the molecule is CCC(CC)c1ccc(-c2ccc(CN)cc2)cc1-n1ccc(C)n1. The van der Waals surface area contributed by atoms with Gasteiger partial charge in [-0.1, -0.05) is 50.2 Å². The topological polar surface area (TPSA) is 43.8 Å². The average molecular weight is 333 g/mol. The van der Waals surface area contributed by atoms with E-state index in [1.807, 2.05) is 11.6 Å². The van der Waals surface area contributed by atoms with Gasteiger partial charge < -0.3 is 5.73 Å². The fraction of sp³-hybridized carbons (Fsp3) is 0.318. The lowest BCUT2D eigenvalue weighted by Gasteiger charge is -2.19. The summed E-state index contributed by atoms with van der Waals surface area (Å²) in [6, 6.07) is 17.3. The molecule has 25 heavy (non-hydrogen) atoms. The van der Waals surface area contributed by atoms with E-state index >= 15 is 0 Å². The zero-order valence-electron chi connectivity index (χ0n) is 15.4. The van der Waals surface area contributed by atoms with E-state index in [9.17, 15) is 0 Å². The number of aryl methyl sites for hydroxylation is 1. The molecule has 0 fully saturated rings. The molecule has 0 aliphatic carbocycles. The van der Waals surface area contributed by atoms with E-state index < -0.39 is 0 Å². The molecule has 0 aliphatic heterocycles. The number of rotatable bonds is 6. The van der Waals surface area contributed by atoms with Crippen LogP contribution in [0.5, 0.6) is 0 Å². The van der Waals surface area contributed by atoms with Gasteiger partial charge in [0.2, 0.25) is 0 Å². The van der Waals surface area contributed by atoms with Crippen LogP contribution in [0.15, 0.2) is 54.7 Å². The van der Waals surface area contributed by atoms with Gasteiger partial charge in [0.1, 0.15) is 0 Å². The first-order valence-corrected chi connectivity index (χ1v) is 9.12. The van der Waals surface area contributed by atoms with E-state index in [-0.39, 0.29) is 0 Å². The maximum Gasteiger partial charge on any atom is 0.0686 e. The van der Waals surface area contributed by atoms with E-state index in [1.54, 1.807) is 0 Å². The van der Waals surface area contributed by atoms with Crippen molar-refractivity contribution in [2.24, 2.45) is 5.73 Å². The van der Waals surface area contributed by atoms with Crippen LogP contribution < -0.4 is 5.73 Å². The molecule has 0 spiro atoms. The van der Waals surface area contributed by atoms with Gasteiger partial charge in [-0.05, 0) is 60.1 Å². The normalized spacial score (nSPS) is 11.2. The summed E-state index contributed by atoms with van der Waals surface area (Å²) in [6.45, 7) is 7.12. The lowest BCUT2D eigenvalue weighted by molar-refractivity contribution is 0.634. The van der Waals surface area contributed by atoms with Gasteiger partial charge in [0.25, 0.3) is 0 Å². The highest BCUT2D eigenvalue weighted by Crippen LogP contribution is 2.32. The Hall–Kier alpha value is -2.39. The molecule has 3 rings (SSSR count). The highest BCUT2D eigenvalue weighted by Gasteiger charge is 2.15. The summed E-state index contributed by atoms with van der Waals surface area (Å²) in [5, 5.41) is 4.65. The zero-order chi connectivity index (χ0) is 17.8. The van der Waals surface area contributed by atoms with E-state index in [0.717, 1.165) is 24.1 Å². The minimum absolute atomic E-state index is 0.549. The van der Waals surface area contributed by atoms with Gasteiger partial charge in [-0.3, -0.25) is 0 Å². The first-order valence-electron chi connectivity index (χ1n) is 9.12. The van der Waals surface area contributed by atoms with E-state index in [1.165, 1.54) is 22.4 Å². The summed E-state index contributed by atoms with van der Waals surface area (Å²) in [5.74, 6) is 0.549. The molecule has 0 unspecified atom stereocenters. The summed E-state index contributed by atoms with van der Waals surface area (Å²) in [7, 11) is 0. The summed E-state index contributed by atoms with van der Waals surface area (Å²) in [4.78, 5) is 0. The molecule has 3 nitrogen and oxygen atoms in total. The van der Waals surface area contributed by atoms with Crippen molar-refractivity contribution in [3.63, 3.8) is 0 Å². The van der Waals surface area contributed by atoms with E-state index in [4.69, 9.17) is 5.73 Å². The minimum atomic E-state index is 0.549. The summed E-state index contributed by atoms with van der Waals surface area (Å²) in [5.41, 5.74) is 12.9. The van der Waals surface area contributed by atoms with Gasteiger partial charge in [-0.25, -0.2) is 4.68 Å². The van der Waals surface area contributed by atoms with Crippen molar-refractivity contribution in [2.45, 2.75) is 46.1 Å². The molecule has 1 aromatic heterocycles. The predicted octanol–water partition coefficient (Wildman–Crippen LogP) is 5.21. The second-order valence-corrected chi connectivity index (χ2v) is 6.59. The Morgan fingerprint density at radius 2 is 1.64 bits per heavy atom. The van der Waals surface area contributed by atoms with Gasteiger partial charge in [-0.2, -0.15) is 5.10 Å². The van der Waals surface area contributed by atoms with Gasteiger partial charge in [0.15, 0.2) is 0 Å². The number of hydrogen-bond acceptors (Lipinski definition) is 2. The number of hydrogen-bond donors (Lipinski definition) is 1. The maximum atomic E-state index is 5.71. The quantitative estimate of drug-likeness (QED) is 0.673. The largest absolute Gasteiger partial charge is 0.326 e. The third-order valence-electron chi connectivity index (χ3n) is 4.95. The number of benzene rings is 2. The van der Waals surface area contributed by atoms with Crippen molar-refractivity contribution < 1.29 is 0 Å². The van der Waals surface area contributed by atoms with Gasteiger partial charge >= 0.3 is 0 Å². The fourth-order valence-corrected chi connectivity index (χ4v) is 3.38. The second kappa shape index (κ2) is 7.66. The molecule has 0 amide bonds. The monoisotopic (exact) mass is 333 g/mol. The Balaban J connectivity index is 2.10. The van der Waals surface area contributed by atoms with Crippen LogP contribution in [-0.2, 0) is 6.54 Å². The first kappa shape index (κ1) is 17.4. The van der Waals surface area contributed by atoms with Crippen molar-refractivity contribution >= 4 is 0 Å². The van der Waals surface area contributed by atoms with Crippen molar-refractivity contribution in [1.29, 1.82) is 0 Å². The predicted molar refractivity (Wildman–Crippen MR) is 105 cm³/mol. The van der Waals surface area contributed by atoms with Gasteiger partial charge in [0, 0.05) is 12.7 Å². The molecule has 0 saturated carbocycles. The smallest absolute Gasteiger partial charge is 0.0686 e. The molecule has 0 atom stereocenters. The lowest BCUT2D eigenvalue weighted by atomic mass is 9.90. The zero-order valence-corrected chi connectivity index (χ0v) is 15.4. The van der Waals surface area contributed by atoms with E-state index in [2.05, 4.69) is 73.7 Å². The average Bonchev–Trinajstić information content (AvgIpc) is 3.09. The highest BCUT2D eigenvalue weighted by atomic mass is 15.3. The number of aromatic nitrogens is 2. The molecular formula is C22H27N3. The van der Waals surface area contributed by atoms with Crippen LogP contribution in [0, 0.1) is 6.92 Å². The van der Waals surface area contributed by atoms with Crippen LogP contribution in [0.2, 0.25) is 0 Å². The molecule has 2 N–H and O–H groups in total. The third-order valence-corrected chi connectivity index (χ3v) is 4.95. The summed E-state index contributed by atoms with van der Waals surface area (Å²) >= 11 is 0. The van der Waals surface area contributed by atoms with E-state index in [0.29, 0.717) is 12.5 Å². The van der Waals surface area contributed by atoms with Crippen LogP contribution in [-0.4, -0.2) is 9.78 Å². The number of nitrogens with zero attached hydrogens (tertiary/aromatic N) is 2. The lowest BCUT2D eigenvalue weighted by Crippen LogP contribution is -2.05. The van der Waals surface area contributed by atoms with Crippen LogP contribution in [0.3, 0.4) is 0 Å². The molecule has 0 saturated heterocycles. The van der Waals surface area contributed by atoms with Crippen LogP contribution >= 0.6 is 0 Å². The van der Waals surface area contributed by atoms with Crippen LogP contribution in [0.1, 0.15) is 49.4 Å². The summed E-state index contributed by atoms with van der Waals surface area (Å²) in [6.07, 6.45) is 4.32. The van der Waals surface area contributed by atoms with Crippen molar-refractivity contribution in [1.82, 2.24) is 9.78 Å². The molecule has 1 heterocycles. The standard InChI is InChI=1S/C22H27N3/c1-4-18(5-2)21-11-10-20(19-8-6-17(15-23)7-9-19)14-22(21)25-13-12-16(3)24-25/h6-14,18H,4-5,15,23H2,1-3H3. The Labute approximate surface area is 150 Å². The highest BCUT2D eigenvalue weighted by molar-refractivity contribution is 5.68. The molecule has 0 bridgehead atoms. The molecule has 3 aromatic rings. The second-order valence-electron chi connectivity index (χ2n) is 6.59. The Kier molecular flexibility index (Phi) is 5.34. The minimum Gasteiger partial charge on any atom is -0.326 e. The van der Waals surface area contributed by atoms with Crippen LogP contribution in [0.25, 0.3) is 16.8 Å². The molecule has 3 heteroatoms. The molecule has 0 radical (unpaired) electrons. The molecule has 0 aliphatic rings. The molecular weight excluding hydrogens is 306 g/mol. The summed E-state index contributed by atoms with van der Waals surface area (Å²) < 4.78 is 2.01. The fourth-order valence-electron chi connectivity index (χ4n) is 3.38. The Morgan fingerprint density at radius 3 is 2.20 bits per heavy atom. The van der Waals surface area contributed by atoms with Gasteiger partial charge in [-0.15, -0.1) is 0 Å². The third kappa shape index (κ3) is 3.67. The Morgan fingerprint density at radius 1 is 0.960 bits per heavy atom. The first-order chi connectivity index (χ1) is 12.2. The number of nitrogens with two attached hydrogens (primary N) is 1. The van der Waals surface area contributed by atoms with Crippen LogP contribution in [0.4, 0.5) is 0 Å². The van der Waals surface area contributed by atoms with Crippen molar-refractivity contribution in [3.05, 3.63) is 71.5 Å². The van der Waals surface area contributed by atoms with Crippen molar-refractivity contribution in [2.75, 3.05) is 0 Å². The maximum absolute atomic E-state index is 5.71. The molecule has 2 aromatic carbocycles. The molecule has 130 valence electrons. The van der Waals surface area contributed by atoms with Crippen molar-refractivity contribution in [3.8, 4) is 16.8 Å². The Bertz CT molecular complexity index is 827. The van der Waals surface area contributed by atoms with Gasteiger partial charge in [0.05, 0.1) is 11.4 Å².